The van der Waals surface area contributed by atoms with E-state index in [1.807, 2.05) is 18.2 Å². The summed E-state index contributed by atoms with van der Waals surface area (Å²) < 4.78 is 39.4. The van der Waals surface area contributed by atoms with Gasteiger partial charge in [-0.3, -0.25) is 4.79 Å². The molecule has 0 heterocycles. The Morgan fingerprint density at radius 3 is 2.27 bits per heavy atom. The van der Waals surface area contributed by atoms with E-state index in [2.05, 4.69) is 10.0 Å². The molecular weight excluding hydrogens is 487 g/mol. The Morgan fingerprint density at radius 2 is 1.61 bits per heavy atom. The highest BCUT2D eigenvalue weighted by molar-refractivity contribution is 7.89. The fourth-order valence-electron chi connectivity index (χ4n) is 2.86. The molecule has 3 rings (SSSR count). The quantitative estimate of drug-likeness (QED) is 0.398. The number of amides is 1. The van der Waals surface area contributed by atoms with Crippen molar-refractivity contribution in [1.29, 1.82) is 0 Å². The number of hydrogen-bond donors (Lipinski definition) is 2. The van der Waals surface area contributed by atoms with Gasteiger partial charge in [0.05, 0.1) is 18.3 Å². The Balaban J connectivity index is 1.79. The van der Waals surface area contributed by atoms with E-state index in [1.165, 1.54) is 31.2 Å². The zero-order valence-electron chi connectivity index (χ0n) is 17.8. The van der Waals surface area contributed by atoms with E-state index in [-0.39, 0.29) is 22.3 Å². The predicted octanol–water partition coefficient (Wildman–Crippen LogP) is 5.49. The van der Waals surface area contributed by atoms with Crippen molar-refractivity contribution in [2.75, 3.05) is 11.9 Å². The third-order valence-corrected chi connectivity index (χ3v) is 6.42. The van der Waals surface area contributed by atoms with Gasteiger partial charge in [0, 0.05) is 10.0 Å². The minimum Gasteiger partial charge on any atom is -0.492 e. The number of anilines is 1. The van der Waals surface area contributed by atoms with Gasteiger partial charge in [0.25, 0.3) is 0 Å². The lowest BCUT2D eigenvalue weighted by Gasteiger charge is -2.18. The number of sulfonamides is 1. The fraction of sp³-hybridized carbons (Fsp3) is 0.174. The zero-order chi connectivity index (χ0) is 24.0. The van der Waals surface area contributed by atoms with Crippen LogP contribution in [0.3, 0.4) is 0 Å². The van der Waals surface area contributed by atoms with Crippen LogP contribution >= 0.6 is 23.2 Å². The molecule has 0 aliphatic carbocycles. The fourth-order valence-corrected chi connectivity index (χ4v) is 4.64. The molecule has 0 radical (unpaired) electrons. The molecule has 33 heavy (non-hydrogen) atoms. The molecule has 0 saturated heterocycles. The van der Waals surface area contributed by atoms with E-state index in [0.29, 0.717) is 22.2 Å². The molecule has 1 unspecified atom stereocenters. The molecule has 0 fully saturated rings. The number of carbonyl (C=O) groups is 1. The number of ether oxygens (including phenoxy) is 2. The lowest BCUT2D eigenvalue weighted by atomic mass is 10.2. The van der Waals surface area contributed by atoms with E-state index in [0.717, 1.165) is 0 Å². The van der Waals surface area contributed by atoms with Crippen LogP contribution in [0.5, 0.6) is 17.2 Å². The van der Waals surface area contributed by atoms with Gasteiger partial charge in [-0.2, -0.15) is 4.72 Å². The Labute approximate surface area is 202 Å². The van der Waals surface area contributed by atoms with Crippen LogP contribution in [0.4, 0.5) is 5.69 Å². The lowest BCUT2D eigenvalue weighted by Crippen LogP contribution is -2.41. The van der Waals surface area contributed by atoms with E-state index < -0.39 is 22.0 Å². The summed E-state index contributed by atoms with van der Waals surface area (Å²) in [5, 5.41) is 3.26. The number of carbonyl (C=O) groups excluding carboxylic acids is 1. The zero-order valence-corrected chi connectivity index (χ0v) is 20.2. The first-order valence-corrected chi connectivity index (χ1v) is 12.2. The first-order chi connectivity index (χ1) is 15.7. The number of nitrogens with one attached hydrogen (secondary N) is 2. The number of halogens is 2. The van der Waals surface area contributed by atoms with E-state index in [1.54, 1.807) is 31.2 Å². The molecule has 7 nitrogen and oxygen atoms in total. The summed E-state index contributed by atoms with van der Waals surface area (Å²) in [5.74, 6) is 0.435. The van der Waals surface area contributed by atoms with Crippen molar-refractivity contribution in [1.82, 2.24) is 4.72 Å². The molecule has 1 atom stereocenters. The smallest absolute Gasteiger partial charge is 0.245 e. The maximum atomic E-state index is 12.9. The Morgan fingerprint density at radius 1 is 0.970 bits per heavy atom. The molecule has 0 aliphatic heterocycles. The number of benzene rings is 3. The minimum absolute atomic E-state index is 0.135. The van der Waals surface area contributed by atoms with Gasteiger partial charge in [0.1, 0.15) is 16.4 Å². The van der Waals surface area contributed by atoms with Gasteiger partial charge >= 0.3 is 0 Å². The molecule has 0 aromatic heterocycles. The molecule has 0 aliphatic rings. The van der Waals surface area contributed by atoms with Crippen molar-refractivity contribution in [3.05, 3.63) is 76.8 Å². The molecule has 3 aromatic carbocycles. The number of hydrogen-bond acceptors (Lipinski definition) is 5. The summed E-state index contributed by atoms with van der Waals surface area (Å²) >= 11 is 12.1. The van der Waals surface area contributed by atoms with Crippen LogP contribution < -0.4 is 19.5 Å². The molecular formula is C23H22Cl2N2O5S. The van der Waals surface area contributed by atoms with Gasteiger partial charge in [-0.15, -0.1) is 0 Å². The summed E-state index contributed by atoms with van der Waals surface area (Å²) in [6.07, 6.45) is 0. The number of para-hydroxylation sites is 1. The van der Waals surface area contributed by atoms with Crippen LogP contribution in [0, 0.1) is 0 Å². The van der Waals surface area contributed by atoms with Crippen LogP contribution in [0.25, 0.3) is 0 Å². The molecule has 1 amide bonds. The summed E-state index contributed by atoms with van der Waals surface area (Å²) in [5.41, 5.74) is 0.292. The highest BCUT2D eigenvalue weighted by Gasteiger charge is 2.26. The molecule has 10 heteroatoms. The maximum absolute atomic E-state index is 12.9. The average Bonchev–Trinajstić information content (AvgIpc) is 2.77. The molecule has 0 saturated carbocycles. The number of rotatable bonds is 9. The van der Waals surface area contributed by atoms with Crippen molar-refractivity contribution in [2.24, 2.45) is 0 Å². The van der Waals surface area contributed by atoms with Crippen molar-refractivity contribution >= 4 is 44.8 Å². The third kappa shape index (κ3) is 6.61. The Kier molecular flexibility index (Phi) is 8.20. The average molecular weight is 509 g/mol. The SMILES string of the molecule is CCOc1ccc(Cl)cc1S(=O)(=O)NC(C)C(=O)Nc1cc(Cl)ccc1Oc1ccccc1. The van der Waals surface area contributed by atoms with Gasteiger partial charge in [0.15, 0.2) is 5.75 Å². The highest BCUT2D eigenvalue weighted by Crippen LogP contribution is 2.32. The Hall–Kier alpha value is -2.78. The first kappa shape index (κ1) is 24.9. The summed E-state index contributed by atoms with van der Waals surface area (Å²) in [6, 6.07) is 16.9. The summed E-state index contributed by atoms with van der Waals surface area (Å²) in [4.78, 5) is 12.7. The second-order valence-electron chi connectivity index (χ2n) is 6.91. The second-order valence-corrected chi connectivity index (χ2v) is 9.47. The summed E-state index contributed by atoms with van der Waals surface area (Å²) in [7, 11) is -4.12. The first-order valence-electron chi connectivity index (χ1n) is 9.97. The van der Waals surface area contributed by atoms with Crippen LogP contribution in [0.1, 0.15) is 13.8 Å². The van der Waals surface area contributed by atoms with Gasteiger partial charge in [-0.1, -0.05) is 41.4 Å². The summed E-state index contributed by atoms with van der Waals surface area (Å²) in [6.45, 7) is 3.41. The molecule has 0 bridgehead atoms. The monoisotopic (exact) mass is 508 g/mol. The van der Waals surface area contributed by atoms with Crippen LogP contribution in [0.15, 0.2) is 71.6 Å². The van der Waals surface area contributed by atoms with Crippen LogP contribution in [-0.4, -0.2) is 27.0 Å². The highest BCUT2D eigenvalue weighted by atomic mass is 35.5. The van der Waals surface area contributed by atoms with E-state index in [9.17, 15) is 13.2 Å². The molecule has 0 spiro atoms. The second kappa shape index (κ2) is 10.9. The van der Waals surface area contributed by atoms with Crippen LogP contribution in [-0.2, 0) is 14.8 Å². The molecule has 3 aromatic rings. The topological polar surface area (TPSA) is 93.7 Å². The molecule has 174 valence electrons. The van der Waals surface area contributed by atoms with Crippen molar-refractivity contribution in [2.45, 2.75) is 24.8 Å². The van der Waals surface area contributed by atoms with Gasteiger partial charge < -0.3 is 14.8 Å². The molecule has 2 N–H and O–H groups in total. The lowest BCUT2D eigenvalue weighted by molar-refractivity contribution is -0.117. The predicted molar refractivity (Wildman–Crippen MR) is 129 cm³/mol. The van der Waals surface area contributed by atoms with E-state index in [4.69, 9.17) is 32.7 Å². The Bertz CT molecular complexity index is 1240. The van der Waals surface area contributed by atoms with E-state index >= 15 is 0 Å². The van der Waals surface area contributed by atoms with Crippen LogP contribution in [0.2, 0.25) is 10.0 Å². The van der Waals surface area contributed by atoms with Crippen molar-refractivity contribution < 1.29 is 22.7 Å². The standard InChI is InChI=1S/C23H22Cl2N2O5S/c1-3-31-21-12-10-17(25)14-22(21)33(29,30)27-15(2)23(28)26-19-13-16(24)9-11-20(19)32-18-7-5-4-6-8-18/h4-15,27H,3H2,1-2H3,(H,26,28). The minimum atomic E-state index is -4.12. The van der Waals surface area contributed by atoms with Crippen molar-refractivity contribution in [3.8, 4) is 17.2 Å². The maximum Gasteiger partial charge on any atom is 0.245 e. The third-order valence-electron chi connectivity index (χ3n) is 4.39. The van der Waals surface area contributed by atoms with Crippen molar-refractivity contribution in [3.63, 3.8) is 0 Å². The van der Waals surface area contributed by atoms with Gasteiger partial charge in [-0.05, 0) is 62.4 Å². The van der Waals surface area contributed by atoms with Gasteiger partial charge in [-0.25, -0.2) is 8.42 Å². The normalized spacial score (nSPS) is 12.1. The largest absolute Gasteiger partial charge is 0.492 e. The van der Waals surface area contributed by atoms with Gasteiger partial charge in [0.2, 0.25) is 15.9 Å².